The topological polar surface area (TPSA) is 64.3 Å². The lowest BCUT2D eigenvalue weighted by molar-refractivity contribution is -0.115. The molecule has 1 aromatic rings. The standard InChI is InChI=1S/C11H12N2O2S/c1-15-9-5-3-2-4-8(9)6-7-10(14)13-11(12)16/h2-7H,1H3,(H3,12,13,14,16). The maximum atomic E-state index is 11.2. The second kappa shape index (κ2) is 5.87. The Kier molecular flexibility index (Phi) is 4.47. The van der Waals surface area contributed by atoms with Crippen LogP contribution >= 0.6 is 12.2 Å². The summed E-state index contributed by atoms with van der Waals surface area (Å²) in [5.74, 6) is 0.334. The van der Waals surface area contributed by atoms with Gasteiger partial charge in [0.05, 0.1) is 7.11 Å². The Morgan fingerprint density at radius 3 is 2.81 bits per heavy atom. The fourth-order valence-corrected chi connectivity index (χ4v) is 1.23. The Balaban J connectivity index is 2.76. The Hall–Kier alpha value is -1.88. The van der Waals surface area contributed by atoms with Crippen LogP contribution in [-0.2, 0) is 4.79 Å². The Labute approximate surface area is 99.1 Å². The fourth-order valence-electron chi connectivity index (χ4n) is 1.13. The predicted molar refractivity (Wildman–Crippen MR) is 67.0 cm³/mol. The zero-order valence-corrected chi connectivity index (χ0v) is 9.58. The molecule has 0 spiro atoms. The molecule has 0 aliphatic rings. The number of nitrogens with two attached hydrogens (primary N) is 1. The van der Waals surface area contributed by atoms with Gasteiger partial charge in [-0.1, -0.05) is 18.2 Å². The van der Waals surface area contributed by atoms with E-state index in [1.165, 1.54) is 6.08 Å². The van der Waals surface area contributed by atoms with E-state index in [0.29, 0.717) is 5.75 Å². The van der Waals surface area contributed by atoms with Crippen molar-refractivity contribution in [1.82, 2.24) is 5.32 Å². The molecule has 0 saturated heterocycles. The van der Waals surface area contributed by atoms with Crippen molar-refractivity contribution < 1.29 is 9.53 Å². The van der Waals surface area contributed by atoms with Gasteiger partial charge in [0.1, 0.15) is 5.75 Å². The molecule has 0 aliphatic heterocycles. The molecule has 0 radical (unpaired) electrons. The van der Waals surface area contributed by atoms with Gasteiger partial charge < -0.3 is 10.5 Å². The molecule has 4 nitrogen and oxygen atoms in total. The summed E-state index contributed by atoms with van der Waals surface area (Å²) in [7, 11) is 1.57. The number of hydrogen-bond donors (Lipinski definition) is 2. The summed E-state index contributed by atoms with van der Waals surface area (Å²) in [6.45, 7) is 0. The number of ether oxygens (including phenoxy) is 1. The first-order valence-corrected chi connectivity index (χ1v) is 4.96. The number of para-hydroxylation sites is 1. The third kappa shape index (κ3) is 3.70. The van der Waals surface area contributed by atoms with Gasteiger partial charge in [-0.05, 0) is 24.4 Å². The third-order valence-corrected chi connectivity index (χ3v) is 1.90. The second-order valence-corrected chi connectivity index (χ2v) is 3.37. The highest BCUT2D eigenvalue weighted by Crippen LogP contribution is 2.18. The SMILES string of the molecule is COc1ccccc1C=CC(=O)NC(N)=S. The normalized spacial score (nSPS) is 10.1. The average molecular weight is 236 g/mol. The van der Waals surface area contributed by atoms with Gasteiger partial charge in [-0.3, -0.25) is 10.1 Å². The molecule has 16 heavy (non-hydrogen) atoms. The summed E-state index contributed by atoms with van der Waals surface area (Å²) in [6, 6.07) is 7.35. The number of nitrogens with one attached hydrogen (secondary N) is 1. The number of rotatable bonds is 3. The highest BCUT2D eigenvalue weighted by molar-refractivity contribution is 7.80. The van der Waals surface area contributed by atoms with Crippen LogP contribution in [0.3, 0.4) is 0 Å². The Morgan fingerprint density at radius 1 is 1.50 bits per heavy atom. The van der Waals surface area contributed by atoms with E-state index in [1.54, 1.807) is 13.2 Å². The van der Waals surface area contributed by atoms with Crippen LogP contribution in [0.1, 0.15) is 5.56 Å². The minimum Gasteiger partial charge on any atom is -0.496 e. The van der Waals surface area contributed by atoms with Gasteiger partial charge in [0.15, 0.2) is 5.11 Å². The lowest BCUT2D eigenvalue weighted by atomic mass is 10.2. The molecule has 0 atom stereocenters. The monoisotopic (exact) mass is 236 g/mol. The quantitative estimate of drug-likeness (QED) is 0.608. The van der Waals surface area contributed by atoms with Crippen LogP contribution in [0.4, 0.5) is 0 Å². The van der Waals surface area contributed by atoms with Crippen LogP contribution in [-0.4, -0.2) is 18.1 Å². The highest BCUT2D eigenvalue weighted by atomic mass is 32.1. The van der Waals surface area contributed by atoms with E-state index in [2.05, 4.69) is 17.5 Å². The van der Waals surface area contributed by atoms with Gasteiger partial charge in [0.2, 0.25) is 5.91 Å². The van der Waals surface area contributed by atoms with Gasteiger partial charge in [-0.25, -0.2) is 0 Å². The number of benzene rings is 1. The van der Waals surface area contributed by atoms with E-state index < -0.39 is 0 Å². The molecule has 84 valence electrons. The number of carbonyl (C=O) groups is 1. The fraction of sp³-hybridized carbons (Fsp3) is 0.0909. The molecule has 3 N–H and O–H groups in total. The van der Waals surface area contributed by atoms with Crippen LogP contribution in [0.2, 0.25) is 0 Å². The summed E-state index contributed by atoms with van der Waals surface area (Å²) in [5.41, 5.74) is 5.97. The summed E-state index contributed by atoms with van der Waals surface area (Å²) in [4.78, 5) is 11.2. The predicted octanol–water partition coefficient (Wildman–Crippen LogP) is 1.07. The second-order valence-electron chi connectivity index (χ2n) is 2.93. The zero-order chi connectivity index (χ0) is 12.0. The van der Waals surface area contributed by atoms with Gasteiger partial charge in [0, 0.05) is 11.6 Å². The van der Waals surface area contributed by atoms with E-state index in [0.717, 1.165) is 5.56 Å². The molecule has 0 unspecified atom stereocenters. The van der Waals surface area contributed by atoms with Crippen LogP contribution < -0.4 is 15.8 Å². The molecule has 0 heterocycles. The molecule has 1 aromatic carbocycles. The summed E-state index contributed by atoms with van der Waals surface area (Å²) < 4.78 is 5.13. The first kappa shape index (κ1) is 12.2. The molecule has 0 saturated carbocycles. The molecule has 0 bridgehead atoms. The van der Waals surface area contributed by atoms with E-state index >= 15 is 0 Å². The van der Waals surface area contributed by atoms with Crippen LogP contribution in [0.15, 0.2) is 30.3 Å². The molecular formula is C11H12N2O2S. The van der Waals surface area contributed by atoms with Crippen molar-refractivity contribution in [2.45, 2.75) is 0 Å². The van der Waals surface area contributed by atoms with E-state index in [1.807, 2.05) is 24.3 Å². The maximum Gasteiger partial charge on any atom is 0.250 e. The van der Waals surface area contributed by atoms with Crippen molar-refractivity contribution in [3.8, 4) is 5.75 Å². The maximum absolute atomic E-state index is 11.2. The number of methoxy groups -OCH3 is 1. The minimum atomic E-state index is -0.363. The van der Waals surface area contributed by atoms with Gasteiger partial charge in [-0.2, -0.15) is 0 Å². The number of hydrogen-bond acceptors (Lipinski definition) is 3. The minimum absolute atomic E-state index is 0.0466. The average Bonchev–Trinajstić information content (AvgIpc) is 2.26. The largest absolute Gasteiger partial charge is 0.496 e. The molecule has 5 heteroatoms. The van der Waals surface area contributed by atoms with Crippen molar-refractivity contribution in [3.63, 3.8) is 0 Å². The lowest BCUT2D eigenvalue weighted by Crippen LogP contribution is -2.33. The van der Waals surface area contributed by atoms with Crippen LogP contribution in [0.25, 0.3) is 6.08 Å². The van der Waals surface area contributed by atoms with Crippen molar-refractivity contribution in [2.24, 2.45) is 5.73 Å². The molecule has 0 aromatic heterocycles. The zero-order valence-electron chi connectivity index (χ0n) is 8.77. The molecule has 0 aliphatic carbocycles. The van der Waals surface area contributed by atoms with Crippen molar-refractivity contribution >= 4 is 29.3 Å². The van der Waals surface area contributed by atoms with E-state index in [9.17, 15) is 4.79 Å². The van der Waals surface area contributed by atoms with Gasteiger partial charge in [-0.15, -0.1) is 0 Å². The Morgan fingerprint density at radius 2 is 2.19 bits per heavy atom. The van der Waals surface area contributed by atoms with Crippen LogP contribution in [0, 0.1) is 0 Å². The first-order valence-electron chi connectivity index (χ1n) is 4.55. The first-order chi connectivity index (χ1) is 7.63. The Bertz CT molecular complexity index is 430. The van der Waals surface area contributed by atoms with Gasteiger partial charge in [0.25, 0.3) is 0 Å². The molecular weight excluding hydrogens is 224 g/mol. The number of thiocarbonyl (C=S) groups is 1. The van der Waals surface area contributed by atoms with Crippen molar-refractivity contribution in [1.29, 1.82) is 0 Å². The smallest absolute Gasteiger partial charge is 0.250 e. The van der Waals surface area contributed by atoms with Crippen molar-refractivity contribution in [3.05, 3.63) is 35.9 Å². The van der Waals surface area contributed by atoms with E-state index in [4.69, 9.17) is 10.5 Å². The summed E-state index contributed by atoms with van der Waals surface area (Å²) in [5, 5.41) is 2.25. The molecule has 1 rings (SSSR count). The molecule has 0 fully saturated rings. The summed E-state index contributed by atoms with van der Waals surface area (Å²) >= 11 is 4.54. The van der Waals surface area contributed by atoms with Gasteiger partial charge >= 0.3 is 0 Å². The van der Waals surface area contributed by atoms with Crippen molar-refractivity contribution in [2.75, 3.05) is 7.11 Å². The summed E-state index contributed by atoms with van der Waals surface area (Å²) in [6.07, 6.45) is 2.98. The molecule has 1 amide bonds. The van der Waals surface area contributed by atoms with E-state index in [-0.39, 0.29) is 11.0 Å². The third-order valence-electron chi connectivity index (χ3n) is 1.80. The lowest BCUT2D eigenvalue weighted by Gasteiger charge is -2.03. The van der Waals surface area contributed by atoms with Crippen LogP contribution in [0.5, 0.6) is 5.75 Å². The highest BCUT2D eigenvalue weighted by Gasteiger charge is 1.99. The number of amides is 1. The number of carbonyl (C=O) groups excluding carboxylic acids is 1.